The van der Waals surface area contributed by atoms with Crippen molar-refractivity contribution in [1.82, 2.24) is 10.6 Å². The third-order valence-electron chi connectivity index (χ3n) is 3.29. The summed E-state index contributed by atoms with van der Waals surface area (Å²) in [5.74, 6) is 0.765. The van der Waals surface area contributed by atoms with E-state index in [0.29, 0.717) is 11.5 Å². The molecule has 0 radical (unpaired) electrons. The number of nitrogens with one attached hydrogen (secondary N) is 2. The summed E-state index contributed by atoms with van der Waals surface area (Å²) in [5, 5.41) is 7.14. The Morgan fingerprint density at radius 1 is 0.944 bits per heavy atom. The smallest absolute Gasteiger partial charge is 0.00967 e. The Morgan fingerprint density at radius 2 is 1.50 bits per heavy atom. The lowest BCUT2D eigenvalue weighted by molar-refractivity contribution is 0.251. The van der Waals surface area contributed by atoms with Crippen molar-refractivity contribution in [2.75, 3.05) is 13.1 Å². The first-order chi connectivity index (χ1) is 8.02. The molecule has 0 aromatic heterocycles. The van der Waals surface area contributed by atoms with Crippen LogP contribution < -0.4 is 10.6 Å². The highest BCUT2D eigenvalue weighted by molar-refractivity contribution is 4.79. The Bertz CT molecular complexity index is 214. The lowest BCUT2D eigenvalue weighted by atomic mass is 9.84. The van der Waals surface area contributed by atoms with Crippen molar-refractivity contribution in [3.63, 3.8) is 0 Å². The van der Waals surface area contributed by atoms with Gasteiger partial charge in [0, 0.05) is 18.1 Å². The summed E-state index contributed by atoms with van der Waals surface area (Å²) in [6, 6.07) is 0.600. The van der Waals surface area contributed by atoms with Crippen LogP contribution in [0.2, 0.25) is 0 Å². The van der Waals surface area contributed by atoms with E-state index in [-0.39, 0.29) is 5.54 Å². The van der Waals surface area contributed by atoms with Crippen LogP contribution in [-0.2, 0) is 0 Å². The highest BCUT2D eigenvalue weighted by atomic mass is 15.0. The molecule has 0 aromatic carbocycles. The maximum Gasteiger partial charge on any atom is 0.00967 e. The summed E-state index contributed by atoms with van der Waals surface area (Å²) in [4.78, 5) is 0. The lowest BCUT2D eigenvalue weighted by Gasteiger charge is -2.31. The maximum atomic E-state index is 3.62. The van der Waals surface area contributed by atoms with Gasteiger partial charge in [0.15, 0.2) is 0 Å². The molecular weight excluding hydrogens is 220 g/mol. The van der Waals surface area contributed by atoms with Crippen LogP contribution in [0.25, 0.3) is 0 Å². The van der Waals surface area contributed by atoms with Crippen LogP contribution in [0.3, 0.4) is 0 Å². The van der Waals surface area contributed by atoms with Gasteiger partial charge in [-0.3, -0.25) is 0 Å². The monoisotopic (exact) mass is 256 g/mol. The van der Waals surface area contributed by atoms with E-state index in [4.69, 9.17) is 0 Å². The molecule has 0 amide bonds. The minimum atomic E-state index is 0.224. The molecule has 110 valence electrons. The molecule has 0 aromatic rings. The molecule has 2 N–H and O–H groups in total. The Morgan fingerprint density at radius 3 is 1.94 bits per heavy atom. The van der Waals surface area contributed by atoms with Gasteiger partial charge in [0.25, 0.3) is 0 Å². The van der Waals surface area contributed by atoms with Crippen molar-refractivity contribution in [3.05, 3.63) is 0 Å². The third kappa shape index (κ3) is 11.0. The Balaban J connectivity index is 3.88. The van der Waals surface area contributed by atoms with Crippen molar-refractivity contribution < 1.29 is 0 Å². The topological polar surface area (TPSA) is 24.1 Å². The predicted octanol–water partition coefficient (Wildman–Crippen LogP) is 3.82. The van der Waals surface area contributed by atoms with Crippen LogP contribution in [0, 0.1) is 11.3 Å². The van der Waals surface area contributed by atoms with Gasteiger partial charge in [0.1, 0.15) is 0 Å². The summed E-state index contributed by atoms with van der Waals surface area (Å²) in [6.45, 7) is 20.5. The summed E-state index contributed by atoms with van der Waals surface area (Å²) in [5.41, 5.74) is 0.613. The van der Waals surface area contributed by atoms with Crippen LogP contribution in [0.5, 0.6) is 0 Å². The van der Waals surface area contributed by atoms with Crippen LogP contribution >= 0.6 is 0 Å². The summed E-state index contributed by atoms with van der Waals surface area (Å²) in [7, 11) is 0. The molecule has 1 atom stereocenters. The molecule has 0 saturated heterocycles. The second kappa shape index (κ2) is 7.49. The minimum absolute atomic E-state index is 0.224. The van der Waals surface area contributed by atoms with Gasteiger partial charge in [-0.05, 0) is 51.5 Å². The molecule has 2 nitrogen and oxygen atoms in total. The van der Waals surface area contributed by atoms with Crippen LogP contribution in [-0.4, -0.2) is 24.7 Å². The van der Waals surface area contributed by atoms with E-state index < -0.39 is 0 Å². The molecule has 0 rings (SSSR count). The zero-order valence-corrected chi connectivity index (χ0v) is 14.0. The molecule has 0 aliphatic carbocycles. The molecule has 1 unspecified atom stereocenters. The number of hydrogen-bond donors (Lipinski definition) is 2. The van der Waals surface area contributed by atoms with Crippen LogP contribution in [0.4, 0.5) is 0 Å². The van der Waals surface area contributed by atoms with Crippen molar-refractivity contribution in [2.24, 2.45) is 11.3 Å². The van der Waals surface area contributed by atoms with Gasteiger partial charge in [-0.2, -0.15) is 0 Å². The van der Waals surface area contributed by atoms with Gasteiger partial charge >= 0.3 is 0 Å². The molecular formula is C16H36N2. The fraction of sp³-hybridized carbons (Fsp3) is 1.00. The normalized spacial score (nSPS) is 15.2. The van der Waals surface area contributed by atoms with E-state index in [0.717, 1.165) is 19.0 Å². The lowest BCUT2D eigenvalue weighted by Crippen LogP contribution is -2.42. The number of rotatable bonds is 8. The quantitative estimate of drug-likeness (QED) is 0.690. The summed E-state index contributed by atoms with van der Waals surface area (Å²) >= 11 is 0. The fourth-order valence-corrected chi connectivity index (χ4v) is 1.77. The van der Waals surface area contributed by atoms with E-state index in [1.54, 1.807) is 0 Å². The van der Waals surface area contributed by atoms with E-state index >= 15 is 0 Å². The van der Waals surface area contributed by atoms with E-state index in [1.807, 2.05) is 0 Å². The zero-order valence-electron chi connectivity index (χ0n) is 14.0. The minimum Gasteiger partial charge on any atom is -0.314 e. The van der Waals surface area contributed by atoms with E-state index in [2.05, 4.69) is 66.0 Å². The van der Waals surface area contributed by atoms with Crippen LogP contribution in [0.15, 0.2) is 0 Å². The SMILES string of the molecule is CC(CCC(C)(C)CNC(C)(C)C)CNC(C)C. The maximum absolute atomic E-state index is 3.62. The highest BCUT2D eigenvalue weighted by Gasteiger charge is 2.21. The third-order valence-corrected chi connectivity index (χ3v) is 3.29. The first-order valence-electron chi connectivity index (χ1n) is 7.50. The Labute approximate surface area is 115 Å². The van der Waals surface area contributed by atoms with Crippen molar-refractivity contribution in [2.45, 2.75) is 79.8 Å². The van der Waals surface area contributed by atoms with Crippen molar-refractivity contribution in [1.29, 1.82) is 0 Å². The molecule has 0 spiro atoms. The Kier molecular flexibility index (Phi) is 7.46. The first-order valence-corrected chi connectivity index (χ1v) is 7.50. The molecule has 0 heterocycles. The number of hydrogen-bond acceptors (Lipinski definition) is 2. The van der Waals surface area contributed by atoms with Gasteiger partial charge < -0.3 is 10.6 Å². The average Bonchev–Trinajstić information content (AvgIpc) is 2.20. The predicted molar refractivity (Wildman–Crippen MR) is 83.1 cm³/mol. The fourth-order valence-electron chi connectivity index (χ4n) is 1.77. The van der Waals surface area contributed by atoms with E-state index in [9.17, 15) is 0 Å². The van der Waals surface area contributed by atoms with Crippen molar-refractivity contribution in [3.8, 4) is 0 Å². The van der Waals surface area contributed by atoms with Crippen LogP contribution in [0.1, 0.15) is 68.2 Å². The molecule has 0 saturated carbocycles. The van der Waals surface area contributed by atoms with Gasteiger partial charge in [0.2, 0.25) is 0 Å². The largest absolute Gasteiger partial charge is 0.314 e. The molecule has 2 heteroatoms. The zero-order chi connectivity index (χ0) is 14.4. The van der Waals surface area contributed by atoms with Gasteiger partial charge in [-0.15, -0.1) is 0 Å². The molecule has 0 fully saturated rings. The molecule has 0 aliphatic rings. The highest BCUT2D eigenvalue weighted by Crippen LogP contribution is 2.24. The van der Waals surface area contributed by atoms with Gasteiger partial charge in [0.05, 0.1) is 0 Å². The molecule has 0 aliphatic heterocycles. The van der Waals surface area contributed by atoms with Gasteiger partial charge in [-0.25, -0.2) is 0 Å². The second-order valence-electron chi connectivity index (χ2n) is 7.97. The van der Waals surface area contributed by atoms with Gasteiger partial charge in [-0.1, -0.05) is 34.6 Å². The molecule has 0 bridgehead atoms. The summed E-state index contributed by atoms with van der Waals surface area (Å²) in [6.07, 6.45) is 2.59. The second-order valence-corrected chi connectivity index (χ2v) is 7.97. The first kappa shape index (κ1) is 17.9. The van der Waals surface area contributed by atoms with E-state index in [1.165, 1.54) is 12.8 Å². The summed E-state index contributed by atoms with van der Waals surface area (Å²) < 4.78 is 0. The van der Waals surface area contributed by atoms with Crippen molar-refractivity contribution >= 4 is 0 Å². The Hall–Kier alpha value is -0.0800. The standard InChI is InChI=1S/C16H36N2/c1-13(2)17-11-14(3)9-10-16(7,8)12-18-15(4,5)6/h13-14,17-18H,9-12H2,1-8H3. The molecule has 18 heavy (non-hydrogen) atoms. The average molecular weight is 256 g/mol.